The summed E-state index contributed by atoms with van der Waals surface area (Å²) in [5.41, 5.74) is 0.877. The molecule has 1 aromatic carbocycles. The third kappa shape index (κ3) is 7.73. The number of nitrogens with one attached hydrogen (secondary N) is 2. The fourth-order valence-electron chi connectivity index (χ4n) is 2.66. The summed E-state index contributed by atoms with van der Waals surface area (Å²) in [5.74, 6) is -0.864. The molecule has 0 radical (unpaired) electrons. The molecule has 9 heteroatoms. The van der Waals surface area contributed by atoms with E-state index in [1.807, 2.05) is 13.8 Å². The summed E-state index contributed by atoms with van der Waals surface area (Å²) < 4.78 is 42.0. The Hall–Kier alpha value is -3.10. The molecule has 0 bridgehead atoms. The number of alkyl halides is 3. The Morgan fingerprint density at radius 2 is 1.80 bits per heavy atom. The Labute approximate surface area is 172 Å². The van der Waals surface area contributed by atoms with Gasteiger partial charge in [0.25, 0.3) is 0 Å². The summed E-state index contributed by atoms with van der Waals surface area (Å²) in [6.45, 7) is 2.19. The molecule has 6 nitrogen and oxygen atoms in total. The van der Waals surface area contributed by atoms with Gasteiger partial charge in [-0.05, 0) is 17.5 Å². The second-order valence-corrected chi connectivity index (χ2v) is 7.10. The first-order valence-corrected chi connectivity index (χ1v) is 9.41. The van der Waals surface area contributed by atoms with Crippen LogP contribution in [0, 0.1) is 5.92 Å². The van der Waals surface area contributed by atoms with Crippen LogP contribution in [0.15, 0.2) is 48.7 Å². The van der Waals surface area contributed by atoms with E-state index in [4.69, 9.17) is 4.74 Å². The first-order chi connectivity index (χ1) is 14.2. The van der Waals surface area contributed by atoms with Crippen LogP contribution >= 0.6 is 0 Å². The Kier molecular flexibility index (Phi) is 8.20. The van der Waals surface area contributed by atoms with E-state index in [2.05, 4.69) is 15.6 Å². The quantitative estimate of drug-likeness (QED) is 0.647. The molecule has 162 valence electrons. The average molecular weight is 423 g/mol. The van der Waals surface area contributed by atoms with Gasteiger partial charge in [0.15, 0.2) is 6.61 Å². The number of benzene rings is 1. The first kappa shape index (κ1) is 23.2. The Bertz CT molecular complexity index is 842. The molecular weight excluding hydrogens is 399 g/mol. The highest BCUT2D eigenvalue weighted by molar-refractivity contribution is 5.88. The highest BCUT2D eigenvalue weighted by Crippen LogP contribution is 2.20. The van der Waals surface area contributed by atoms with Gasteiger partial charge >= 0.3 is 6.18 Å². The fourth-order valence-corrected chi connectivity index (χ4v) is 2.66. The third-order valence-electron chi connectivity index (χ3n) is 3.97. The van der Waals surface area contributed by atoms with Crippen LogP contribution in [-0.2, 0) is 16.1 Å². The molecule has 2 rings (SSSR count). The molecule has 1 atom stereocenters. The van der Waals surface area contributed by atoms with Crippen molar-refractivity contribution in [1.82, 2.24) is 15.6 Å². The van der Waals surface area contributed by atoms with Crippen molar-refractivity contribution in [2.75, 3.05) is 6.61 Å². The number of hydrogen-bond donors (Lipinski definition) is 2. The number of pyridine rings is 1. The van der Waals surface area contributed by atoms with E-state index in [-0.39, 0.29) is 36.2 Å². The van der Waals surface area contributed by atoms with Crippen molar-refractivity contribution < 1.29 is 27.5 Å². The molecule has 0 fully saturated rings. The Morgan fingerprint density at radius 1 is 1.10 bits per heavy atom. The van der Waals surface area contributed by atoms with Crippen LogP contribution in [-0.4, -0.2) is 29.6 Å². The number of ether oxygens (including phenoxy) is 1. The molecule has 1 heterocycles. The third-order valence-corrected chi connectivity index (χ3v) is 3.97. The zero-order valence-corrected chi connectivity index (χ0v) is 16.7. The maximum absolute atomic E-state index is 12.8. The Balaban J connectivity index is 2.10. The van der Waals surface area contributed by atoms with Gasteiger partial charge in [-0.25, -0.2) is 4.98 Å². The van der Waals surface area contributed by atoms with E-state index >= 15 is 0 Å². The lowest BCUT2D eigenvalue weighted by Gasteiger charge is -2.20. The molecule has 0 saturated heterocycles. The number of rotatable bonds is 9. The number of aromatic nitrogens is 1. The summed E-state index contributed by atoms with van der Waals surface area (Å²) in [7, 11) is 0. The van der Waals surface area contributed by atoms with Crippen molar-refractivity contribution in [1.29, 1.82) is 0 Å². The summed E-state index contributed by atoms with van der Waals surface area (Å²) >= 11 is 0. The molecule has 2 amide bonds. The minimum Gasteiger partial charge on any atom is -0.468 e. The normalized spacial score (nSPS) is 12.3. The lowest BCUT2D eigenvalue weighted by atomic mass is 10.0. The molecule has 1 unspecified atom stereocenters. The van der Waals surface area contributed by atoms with Gasteiger partial charge in [-0.15, -0.1) is 0 Å². The number of carbonyl (C=O) groups excluding carboxylic acids is 2. The number of carbonyl (C=O) groups is 2. The summed E-state index contributed by atoms with van der Waals surface area (Å²) in [4.78, 5) is 28.8. The second-order valence-electron chi connectivity index (χ2n) is 7.10. The maximum atomic E-state index is 12.8. The molecule has 0 aliphatic carbocycles. The molecule has 0 aliphatic heterocycles. The van der Waals surface area contributed by atoms with Crippen LogP contribution in [0.5, 0.6) is 5.88 Å². The second kappa shape index (κ2) is 10.6. The molecule has 2 N–H and O–H groups in total. The van der Waals surface area contributed by atoms with Gasteiger partial charge < -0.3 is 15.4 Å². The first-order valence-electron chi connectivity index (χ1n) is 9.41. The smallest absolute Gasteiger partial charge is 0.422 e. The highest BCUT2D eigenvalue weighted by atomic mass is 19.4. The van der Waals surface area contributed by atoms with Gasteiger partial charge in [0.05, 0.1) is 0 Å². The van der Waals surface area contributed by atoms with Crippen molar-refractivity contribution in [2.45, 2.75) is 39.0 Å². The van der Waals surface area contributed by atoms with Crippen LogP contribution in [0.2, 0.25) is 0 Å². The predicted octanol–water partition coefficient (Wildman–Crippen LogP) is 3.54. The standard InChI is InChI=1S/C21H24F3N3O3/c1-14(2)11-17(28)27-18(15-7-4-3-5-8-15)19(29)26-12-16-9-6-10-25-20(16)30-13-21(22,23)24/h3-10,14,18H,11-13H2,1-2H3,(H,26,29)(H,27,28). The van der Waals surface area contributed by atoms with Crippen LogP contribution < -0.4 is 15.4 Å². The average Bonchev–Trinajstić information content (AvgIpc) is 2.69. The van der Waals surface area contributed by atoms with E-state index in [9.17, 15) is 22.8 Å². The van der Waals surface area contributed by atoms with Gasteiger partial charge in [0.1, 0.15) is 6.04 Å². The zero-order valence-electron chi connectivity index (χ0n) is 16.7. The van der Waals surface area contributed by atoms with Gasteiger partial charge in [-0.2, -0.15) is 13.2 Å². The minimum atomic E-state index is -4.50. The number of halogens is 3. The largest absolute Gasteiger partial charge is 0.468 e. The number of hydrogen-bond acceptors (Lipinski definition) is 4. The molecule has 0 saturated carbocycles. The summed E-state index contributed by atoms with van der Waals surface area (Å²) in [6, 6.07) is 10.8. The summed E-state index contributed by atoms with van der Waals surface area (Å²) in [6.07, 6.45) is -2.94. The van der Waals surface area contributed by atoms with Crippen LogP contribution in [0.3, 0.4) is 0 Å². The van der Waals surface area contributed by atoms with E-state index in [0.717, 1.165) is 0 Å². The van der Waals surface area contributed by atoms with Crippen LogP contribution in [0.25, 0.3) is 0 Å². The lowest BCUT2D eigenvalue weighted by molar-refractivity contribution is -0.154. The van der Waals surface area contributed by atoms with Crippen molar-refractivity contribution in [2.24, 2.45) is 5.92 Å². The molecule has 1 aromatic heterocycles. The lowest BCUT2D eigenvalue weighted by Crippen LogP contribution is -2.40. The van der Waals surface area contributed by atoms with Gasteiger partial charge in [-0.1, -0.05) is 50.2 Å². The van der Waals surface area contributed by atoms with Crippen molar-refractivity contribution >= 4 is 11.8 Å². The van der Waals surface area contributed by atoms with Crippen molar-refractivity contribution in [3.05, 3.63) is 59.8 Å². The van der Waals surface area contributed by atoms with Crippen LogP contribution in [0.1, 0.15) is 37.4 Å². The van der Waals surface area contributed by atoms with E-state index in [1.165, 1.54) is 18.3 Å². The van der Waals surface area contributed by atoms with Gasteiger partial charge in [0.2, 0.25) is 17.7 Å². The minimum absolute atomic E-state index is 0.108. The topological polar surface area (TPSA) is 80.3 Å². The monoisotopic (exact) mass is 423 g/mol. The van der Waals surface area contributed by atoms with Gasteiger partial charge in [-0.3, -0.25) is 9.59 Å². The molecular formula is C21H24F3N3O3. The highest BCUT2D eigenvalue weighted by Gasteiger charge is 2.29. The SMILES string of the molecule is CC(C)CC(=O)NC(C(=O)NCc1cccnc1OCC(F)(F)F)c1ccccc1. The van der Waals surface area contributed by atoms with Crippen LogP contribution in [0.4, 0.5) is 13.2 Å². The molecule has 0 spiro atoms. The summed E-state index contributed by atoms with van der Waals surface area (Å²) in [5, 5.41) is 5.35. The maximum Gasteiger partial charge on any atom is 0.422 e. The van der Waals surface area contributed by atoms with E-state index in [1.54, 1.807) is 30.3 Å². The number of nitrogens with zero attached hydrogens (tertiary/aromatic N) is 1. The zero-order chi connectivity index (χ0) is 22.1. The van der Waals surface area contributed by atoms with Crippen molar-refractivity contribution in [3.63, 3.8) is 0 Å². The predicted molar refractivity (Wildman–Crippen MR) is 104 cm³/mol. The number of amides is 2. The van der Waals surface area contributed by atoms with E-state index < -0.39 is 24.7 Å². The molecule has 0 aliphatic rings. The van der Waals surface area contributed by atoms with Gasteiger partial charge in [0, 0.05) is 24.7 Å². The Morgan fingerprint density at radius 3 is 2.43 bits per heavy atom. The molecule has 30 heavy (non-hydrogen) atoms. The van der Waals surface area contributed by atoms with Crippen molar-refractivity contribution in [3.8, 4) is 5.88 Å². The fraction of sp³-hybridized carbons (Fsp3) is 0.381. The van der Waals surface area contributed by atoms with E-state index in [0.29, 0.717) is 5.56 Å². The molecule has 2 aromatic rings.